The molecule has 0 amide bonds. The summed E-state index contributed by atoms with van der Waals surface area (Å²) in [7, 11) is 1.57. The third-order valence-corrected chi connectivity index (χ3v) is 4.74. The van der Waals surface area contributed by atoms with Gasteiger partial charge in [-0.3, -0.25) is 9.36 Å². The predicted molar refractivity (Wildman–Crippen MR) is 101 cm³/mol. The minimum absolute atomic E-state index is 0.0407. The predicted octanol–water partition coefficient (Wildman–Crippen LogP) is 4.64. The molecule has 0 bridgehead atoms. The normalized spacial score (nSPS) is 14.3. The molecule has 3 aromatic rings. The number of nitrogens with zero attached hydrogens (tertiary/aromatic N) is 2. The molecule has 0 unspecified atom stereocenters. The maximum Gasteiger partial charge on any atom is 0.433 e. The molecule has 28 heavy (non-hydrogen) atoms. The minimum atomic E-state index is -4.65. The SMILES string of the molecule is CNc1c(OC2CC2)c(=O)n(-c2ccccc2Cl)c2nc(C(F)(F)F)ccc12. The van der Waals surface area contributed by atoms with Crippen molar-refractivity contribution in [2.45, 2.75) is 25.1 Å². The summed E-state index contributed by atoms with van der Waals surface area (Å²) >= 11 is 6.24. The van der Waals surface area contributed by atoms with E-state index in [0.717, 1.165) is 23.5 Å². The number of fused-ring (bicyclic) bond motifs is 1. The molecule has 1 aromatic carbocycles. The van der Waals surface area contributed by atoms with E-state index in [9.17, 15) is 18.0 Å². The van der Waals surface area contributed by atoms with E-state index in [0.29, 0.717) is 11.1 Å². The van der Waals surface area contributed by atoms with Gasteiger partial charge in [-0.05, 0) is 37.1 Å². The molecular weight excluding hydrogens is 395 g/mol. The zero-order valence-electron chi connectivity index (χ0n) is 14.7. The minimum Gasteiger partial charge on any atom is -0.483 e. The Morgan fingerprint density at radius 1 is 1.21 bits per heavy atom. The first-order valence-corrected chi connectivity index (χ1v) is 8.95. The molecule has 1 N–H and O–H groups in total. The Morgan fingerprint density at radius 2 is 1.93 bits per heavy atom. The zero-order chi connectivity index (χ0) is 20.1. The van der Waals surface area contributed by atoms with E-state index in [1.807, 2.05) is 0 Å². The summed E-state index contributed by atoms with van der Waals surface area (Å²) in [5, 5.41) is 3.40. The third-order valence-electron chi connectivity index (χ3n) is 4.42. The first kappa shape index (κ1) is 18.6. The highest BCUT2D eigenvalue weighted by atomic mass is 35.5. The van der Waals surface area contributed by atoms with Gasteiger partial charge in [0.05, 0.1) is 22.5 Å². The van der Waals surface area contributed by atoms with Crippen molar-refractivity contribution in [3.8, 4) is 11.4 Å². The van der Waals surface area contributed by atoms with Crippen LogP contribution in [0.25, 0.3) is 16.7 Å². The van der Waals surface area contributed by atoms with Gasteiger partial charge in [-0.25, -0.2) is 4.98 Å². The lowest BCUT2D eigenvalue weighted by Crippen LogP contribution is -2.25. The van der Waals surface area contributed by atoms with Crippen LogP contribution in [0, 0.1) is 0 Å². The fourth-order valence-corrected chi connectivity index (χ4v) is 3.19. The number of pyridine rings is 2. The van der Waals surface area contributed by atoms with E-state index in [-0.39, 0.29) is 28.2 Å². The largest absolute Gasteiger partial charge is 0.483 e. The number of nitrogens with one attached hydrogen (secondary N) is 1. The lowest BCUT2D eigenvalue weighted by atomic mass is 10.2. The smallest absolute Gasteiger partial charge is 0.433 e. The van der Waals surface area contributed by atoms with Crippen LogP contribution in [0.3, 0.4) is 0 Å². The van der Waals surface area contributed by atoms with Gasteiger partial charge in [-0.1, -0.05) is 23.7 Å². The van der Waals surface area contributed by atoms with E-state index >= 15 is 0 Å². The highest BCUT2D eigenvalue weighted by Gasteiger charge is 2.34. The van der Waals surface area contributed by atoms with Crippen molar-refractivity contribution in [2.75, 3.05) is 12.4 Å². The fourth-order valence-electron chi connectivity index (χ4n) is 2.97. The summed E-state index contributed by atoms with van der Waals surface area (Å²) in [6.07, 6.45) is -3.10. The van der Waals surface area contributed by atoms with Gasteiger partial charge in [0.1, 0.15) is 11.3 Å². The first-order chi connectivity index (χ1) is 13.3. The van der Waals surface area contributed by atoms with Crippen molar-refractivity contribution < 1.29 is 17.9 Å². The Bertz CT molecular complexity index is 1120. The van der Waals surface area contributed by atoms with Crippen molar-refractivity contribution in [3.63, 3.8) is 0 Å². The highest BCUT2D eigenvalue weighted by Crippen LogP contribution is 2.37. The number of ether oxygens (including phenoxy) is 1. The van der Waals surface area contributed by atoms with Gasteiger partial charge < -0.3 is 10.1 Å². The fraction of sp³-hybridized carbons (Fsp3) is 0.263. The summed E-state index contributed by atoms with van der Waals surface area (Å²) in [5.41, 5.74) is -1.34. The molecule has 0 atom stereocenters. The number of aromatic nitrogens is 2. The van der Waals surface area contributed by atoms with Gasteiger partial charge in [0.2, 0.25) is 5.75 Å². The molecule has 1 aliphatic rings. The average molecular weight is 410 g/mol. The van der Waals surface area contributed by atoms with E-state index in [1.54, 1.807) is 31.3 Å². The van der Waals surface area contributed by atoms with Crippen molar-refractivity contribution in [1.82, 2.24) is 9.55 Å². The van der Waals surface area contributed by atoms with Crippen LogP contribution in [-0.2, 0) is 6.18 Å². The van der Waals surface area contributed by atoms with E-state index < -0.39 is 17.4 Å². The maximum atomic E-state index is 13.3. The second kappa shape index (κ2) is 6.70. The number of hydrogen-bond acceptors (Lipinski definition) is 4. The van der Waals surface area contributed by atoms with Crippen LogP contribution in [-0.4, -0.2) is 22.7 Å². The number of benzene rings is 1. The molecule has 2 aromatic heterocycles. The molecule has 4 rings (SSSR count). The first-order valence-electron chi connectivity index (χ1n) is 8.57. The van der Waals surface area contributed by atoms with Gasteiger partial charge in [0.15, 0.2) is 0 Å². The van der Waals surface area contributed by atoms with Crippen LogP contribution in [0.5, 0.6) is 5.75 Å². The van der Waals surface area contributed by atoms with Gasteiger partial charge in [0, 0.05) is 12.4 Å². The van der Waals surface area contributed by atoms with Crippen LogP contribution in [0.2, 0.25) is 5.02 Å². The molecule has 9 heteroatoms. The zero-order valence-corrected chi connectivity index (χ0v) is 15.4. The number of alkyl halides is 3. The van der Waals surface area contributed by atoms with Crippen molar-refractivity contribution in [3.05, 3.63) is 57.5 Å². The molecule has 1 aliphatic carbocycles. The average Bonchev–Trinajstić information content (AvgIpc) is 3.46. The van der Waals surface area contributed by atoms with Crippen molar-refractivity contribution in [2.24, 2.45) is 0 Å². The molecule has 146 valence electrons. The van der Waals surface area contributed by atoms with Crippen LogP contribution >= 0.6 is 11.6 Å². The second-order valence-corrected chi connectivity index (χ2v) is 6.84. The monoisotopic (exact) mass is 409 g/mol. The van der Waals surface area contributed by atoms with Crippen LogP contribution in [0.4, 0.5) is 18.9 Å². The molecule has 0 aliphatic heterocycles. The van der Waals surface area contributed by atoms with Gasteiger partial charge >= 0.3 is 11.7 Å². The summed E-state index contributed by atoms with van der Waals surface area (Å²) in [5.74, 6) is 0.0407. The van der Waals surface area contributed by atoms with E-state index in [2.05, 4.69) is 10.3 Å². The molecule has 0 radical (unpaired) electrons. The number of hydrogen-bond donors (Lipinski definition) is 1. The van der Waals surface area contributed by atoms with Crippen molar-refractivity contribution >= 4 is 28.3 Å². The van der Waals surface area contributed by atoms with Crippen LogP contribution in [0.1, 0.15) is 18.5 Å². The van der Waals surface area contributed by atoms with Gasteiger partial charge in [0.25, 0.3) is 0 Å². The Morgan fingerprint density at radius 3 is 2.54 bits per heavy atom. The number of anilines is 1. The summed E-state index contributed by atoms with van der Waals surface area (Å²) in [4.78, 5) is 17.0. The lowest BCUT2D eigenvalue weighted by Gasteiger charge is -2.19. The Hall–Kier alpha value is -2.74. The molecule has 5 nitrogen and oxygen atoms in total. The Kier molecular flexibility index (Phi) is 4.45. The maximum absolute atomic E-state index is 13.3. The standard InChI is InChI=1S/C19H15ClF3N3O2/c1-24-15-11-8-9-14(19(21,22)23)25-17(11)26(13-5-3-2-4-12(13)20)18(27)16(15)28-10-6-7-10/h2-5,8-10,24H,6-7H2,1H3. The molecule has 2 heterocycles. The molecular formula is C19H15ClF3N3O2. The summed E-state index contributed by atoms with van der Waals surface area (Å²) in [6.45, 7) is 0. The van der Waals surface area contributed by atoms with E-state index in [1.165, 1.54) is 6.07 Å². The summed E-state index contributed by atoms with van der Waals surface area (Å²) < 4.78 is 46.6. The quantitative estimate of drug-likeness (QED) is 0.682. The Labute approximate surface area is 162 Å². The number of rotatable bonds is 4. The molecule has 0 saturated heterocycles. The molecule has 0 spiro atoms. The van der Waals surface area contributed by atoms with Gasteiger partial charge in [-0.2, -0.15) is 13.2 Å². The van der Waals surface area contributed by atoms with Gasteiger partial charge in [-0.15, -0.1) is 0 Å². The molecule has 1 fully saturated rings. The topological polar surface area (TPSA) is 56.1 Å². The number of halogens is 4. The van der Waals surface area contributed by atoms with E-state index in [4.69, 9.17) is 16.3 Å². The lowest BCUT2D eigenvalue weighted by molar-refractivity contribution is -0.141. The van der Waals surface area contributed by atoms with Crippen LogP contribution < -0.4 is 15.6 Å². The second-order valence-electron chi connectivity index (χ2n) is 6.43. The third kappa shape index (κ3) is 3.17. The number of para-hydroxylation sites is 1. The molecule has 1 saturated carbocycles. The highest BCUT2D eigenvalue weighted by molar-refractivity contribution is 6.32. The Balaban J connectivity index is 2.12. The van der Waals surface area contributed by atoms with Crippen LogP contribution in [0.15, 0.2) is 41.2 Å². The van der Waals surface area contributed by atoms with Crippen molar-refractivity contribution in [1.29, 1.82) is 0 Å². The summed E-state index contributed by atoms with van der Waals surface area (Å²) in [6, 6.07) is 8.56.